The number of ether oxygens (including phenoxy) is 1. The van der Waals surface area contributed by atoms with E-state index < -0.39 is 30.3 Å². The molecule has 0 bridgehead atoms. The molecule has 1 aromatic rings. The zero-order chi connectivity index (χ0) is 23.5. The van der Waals surface area contributed by atoms with Crippen LogP contribution >= 0.6 is 0 Å². The van der Waals surface area contributed by atoms with Crippen LogP contribution in [-0.2, 0) is 14.3 Å². The minimum Gasteiger partial charge on any atom is -0.369 e. The first kappa shape index (κ1) is 23.4. The van der Waals surface area contributed by atoms with E-state index in [4.69, 9.17) is 10.5 Å². The summed E-state index contributed by atoms with van der Waals surface area (Å²) >= 11 is 0. The Labute approximate surface area is 190 Å². The van der Waals surface area contributed by atoms with Crippen LogP contribution < -0.4 is 21.3 Å². The number of hydrogen-bond acceptors (Lipinski definition) is 10. The van der Waals surface area contributed by atoms with E-state index in [-0.39, 0.29) is 31.6 Å². The predicted octanol–water partition coefficient (Wildman–Crippen LogP) is -1.07. The van der Waals surface area contributed by atoms with Crippen molar-refractivity contribution in [1.29, 1.82) is 0 Å². The van der Waals surface area contributed by atoms with Crippen molar-refractivity contribution < 1.29 is 18.7 Å². The van der Waals surface area contributed by atoms with Gasteiger partial charge in [0.15, 0.2) is 6.17 Å². The number of morpholine rings is 1. The third-order valence-corrected chi connectivity index (χ3v) is 6.38. The molecule has 4 N–H and O–H groups in total. The summed E-state index contributed by atoms with van der Waals surface area (Å²) in [6, 6.07) is 1.70. The molecule has 3 aliphatic heterocycles. The van der Waals surface area contributed by atoms with E-state index in [0.717, 1.165) is 5.69 Å². The minimum absolute atomic E-state index is 0.0213. The highest BCUT2D eigenvalue weighted by molar-refractivity contribution is 5.96. The number of amides is 2. The molecule has 5 atom stereocenters. The number of piperazine rings is 1. The van der Waals surface area contributed by atoms with Crippen molar-refractivity contribution >= 4 is 23.2 Å². The van der Waals surface area contributed by atoms with Crippen LogP contribution in [0.5, 0.6) is 0 Å². The monoisotopic (exact) mass is 464 g/mol. The number of aromatic nitrogens is 1. The molecule has 3 saturated heterocycles. The molecule has 4 heterocycles. The average Bonchev–Trinajstić information content (AvgIpc) is 2.81. The van der Waals surface area contributed by atoms with Gasteiger partial charge in [0, 0.05) is 38.9 Å². The maximum absolute atomic E-state index is 13.7. The van der Waals surface area contributed by atoms with Gasteiger partial charge in [0.2, 0.25) is 11.8 Å². The summed E-state index contributed by atoms with van der Waals surface area (Å²) in [6.45, 7) is 2.39. The lowest BCUT2D eigenvalue weighted by atomic mass is 9.98. The number of nitrogens with two attached hydrogens (primary N) is 1. The van der Waals surface area contributed by atoms with Crippen LogP contribution in [0.2, 0.25) is 0 Å². The number of carbonyl (C=O) groups is 2. The van der Waals surface area contributed by atoms with Gasteiger partial charge in [0.25, 0.3) is 0 Å². The lowest BCUT2D eigenvalue weighted by molar-refractivity contribution is -0.148. The van der Waals surface area contributed by atoms with Gasteiger partial charge in [0.1, 0.15) is 18.7 Å². The van der Waals surface area contributed by atoms with Crippen LogP contribution in [-0.4, -0.2) is 104 Å². The van der Waals surface area contributed by atoms with Crippen LogP contribution in [0.4, 0.5) is 15.8 Å². The Hall–Kier alpha value is -2.74. The molecule has 33 heavy (non-hydrogen) atoms. The van der Waals surface area contributed by atoms with E-state index in [1.165, 1.54) is 6.20 Å². The van der Waals surface area contributed by atoms with Crippen molar-refractivity contribution in [2.24, 2.45) is 16.8 Å². The summed E-state index contributed by atoms with van der Waals surface area (Å²) in [4.78, 5) is 46.2. The highest BCUT2D eigenvalue weighted by Gasteiger charge is 2.40. The molecule has 1 aromatic heterocycles. The van der Waals surface area contributed by atoms with Crippen LogP contribution in [0.1, 0.15) is 0 Å². The number of pyridine rings is 1. The number of alkyl halides is 1. The molecule has 0 radical (unpaired) electrons. The largest absolute Gasteiger partial charge is 0.369 e. The molecule has 5 unspecified atom stereocenters. The molecule has 2 amide bonds. The molecule has 3 aliphatic rings. The summed E-state index contributed by atoms with van der Waals surface area (Å²) in [7, 11) is 1.66. The van der Waals surface area contributed by atoms with Crippen LogP contribution in [0, 0.1) is 10.8 Å². The van der Waals surface area contributed by atoms with E-state index in [0.29, 0.717) is 31.9 Å². The molecule has 3 fully saturated rings. The summed E-state index contributed by atoms with van der Waals surface area (Å²) in [5.41, 5.74) is 7.07. The fourth-order valence-electron chi connectivity index (χ4n) is 4.73. The normalized spacial score (nSPS) is 28.1. The predicted molar refractivity (Wildman–Crippen MR) is 118 cm³/mol. The van der Waals surface area contributed by atoms with Crippen LogP contribution in [0.25, 0.3) is 0 Å². The van der Waals surface area contributed by atoms with Crippen molar-refractivity contribution in [1.82, 2.24) is 20.1 Å². The Balaban J connectivity index is 1.52. The first-order valence-electron chi connectivity index (χ1n) is 10.9. The van der Waals surface area contributed by atoms with Gasteiger partial charge >= 0.3 is 0 Å². The van der Waals surface area contributed by atoms with Gasteiger partial charge in [0.05, 0.1) is 36.4 Å². The molecule has 12 nitrogen and oxygen atoms in total. The number of carbonyl (C=O) groups excluding carboxylic acids is 2. The molecule has 0 aliphatic carbocycles. The summed E-state index contributed by atoms with van der Waals surface area (Å²) in [5.74, 6) is -1.59. The number of nitrogens with zero attached hydrogens (tertiary/aromatic N) is 5. The van der Waals surface area contributed by atoms with Gasteiger partial charge < -0.3 is 25.6 Å². The lowest BCUT2D eigenvalue weighted by Crippen LogP contribution is -2.62. The lowest BCUT2D eigenvalue weighted by Gasteiger charge is -2.44. The van der Waals surface area contributed by atoms with Crippen molar-refractivity contribution in [3.63, 3.8) is 0 Å². The standard InChI is InChI=1S/C20H29FN8O4/c1-27-8-12(21)6-24-19(27)17(18(22)26-32)20(31)25-14-7-23-3-2-15(14)28-4-5-29-13(9-28)10-33-11-16(29)30/h2-3,7,12-13,17-19,24H,4-6,8-11,22H2,1H3,(H,25,31). The molecule has 4 rings (SSSR count). The molecule has 13 heteroatoms. The molecule has 180 valence electrons. The molecular formula is C20H29FN8O4. The van der Waals surface area contributed by atoms with E-state index in [1.54, 1.807) is 24.2 Å². The average molecular weight is 465 g/mol. The third kappa shape index (κ3) is 4.95. The number of anilines is 2. The fourth-order valence-corrected chi connectivity index (χ4v) is 4.73. The summed E-state index contributed by atoms with van der Waals surface area (Å²) in [5, 5.41) is 8.66. The Morgan fingerprint density at radius 1 is 1.42 bits per heavy atom. The van der Waals surface area contributed by atoms with E-state index in [1.807, 2.05) is 4.90 Å². The van der Waals surface area contributed by atoms with Gasteiger partial charge in [-0.05, 0) is 13.1 Å². The third-order valence-electron chi connectivity index (χ3n) is 6.38. The van der Waals surface area contributed by atoms with Crippen molar-refractivity contribution in [2.45, 2.75) is 24.5 Å². The van der Waals surface area contributed by atoms with Gasteiger partial charge in [-0.1, -0.05) is 5.18 Å². The summed E-state index contributed by atoms with van der Waals surface area (Å²) < 4.78 is 19.1. The molecule has 0 aromatic carbocycles. The highest BCUT2D eigenvalue weighted by Crippen LogP contribution is 2.29. The molecule has 0 saturated carbocycles. The highest BCUT2D eigenvalue weighted by atomic mass is 19.1. The van der Waals surface area contributed by atoms with E-state index >= 15 is 0 Å². The maximum Gasteiger partial charge on any atom is 0.249 e. The molecular weight excluding hydrogens is 435 g/mol. The van der Waals surface area contributed by atoms with Gasteiger partial charge in [-0.25, -0.2) is 4.39 Å². The van der Waals surface area contributed by atoms with Gasteiger partial charge in [-0.2, -0.15) is 0 Å². The second-order valence-corrected chi connectivity index (χ2v) is 8.60. The van der Waals surface area contributed by atoms with Gasteiger partial charge in [-0.3, -0.25) is 24.8 Å². The van der Waals surface area contributed by atoms with E-state index in [2.05, 4.69) is 25.7 Å². The Kier molecular flexibility index (Phi) is 7.12. The fraction of sp³-hybridized carbons (Fsp3) is 0.650. The zero-order valence-corrected chi connectivity index (χ0v) is 18.4. The topological polar surface area (TPSA) is 145 Å². The Morgan fingerprint density at radius 3 is 3.00 bits per heavy atom. The van der Waals surface area contributed by atoms with Crippen LogP contribution in [0.3, 0.4) is 0 Å². The zero-order valence-electron chi connectivity index (χ0n) is 18.4. The smallest absolute Gasteiger partial charge is 0.249 e. The number of halogens is 1. The van der Waals surface area contributed by atoms with Crippen molar-refractivity contribution in [2.75, 3.05) is 63.2 Å². The first-order chi connectivity index (χ1) is 15.9. The summed E-state index contributed by atoms with van der Waals surface area (Å²) in [6.07, 6.45) is 0.0753. The van der Waals surface area contributed by atoms with E-state index in [9.17, 15) is 18.9 Å². The Bertz CT molecular complexity index is 891. The van der Waals surface area contributed by atoms with Gasteiger partial charge in [-0.15, -0.1) is 4.91 Å². The number of nitroso groups, excluding NO2 is 1. The second-order valence-electron chi connectivity index (χ2n) is 8.60. The van der Waals surface area contributed by atoms with Crippen molar-refractivity contribution in [3.05, 3.63) is 23.4 Å². The quantitative estimate of drug-likeness (QED) is 0.448. The van der Waals surface area contributed by atoms with Crippen molar-refractivity contribution in [3.8, 4) is 0 Å². The maximum atomic E-state index is 13.7. The Morgan fingerprint density at radius 2 is 2.24 bits per heavy atom. The SMILES string of the molecule is CN1CC(F)CNC1C(C(=O)Nc1cnccc1N1CCN2C(=O)COCC2C1)C(N)N=O. The number of hydrogen-bond donors (Lipinski definition) is 3. The number of fused-ring (bicyclic) bond motifs is 1. The van der Waals surface area contributed by atoms with Crippen LogP contribution in [0.15, 0.2) is 23.6 Å². The molecule has 0 spiro atoms. The first-order valence-corrected chi connectivity index (χ1v) is 10.9. The number of nitrogens with one attached hydrogen (secondary N) is 2. The number of rotatable bonds is 6. The second kappa shape index (κ2) is 10.0. The minimum atomic E-state index is -1.32.